The molecule has 1 amide bonds. The van der Waals surface area contributed by atoms with E-state index in [1.807, 2.05) is 30.3 Å². The van der Waals surface area contributed by atoms with Gasteiger partial charge in [-0.25, -0.2) is 4.79 Å². The Morgan fingerprint density at radius 1 is 0.962 bits per heavy atom. The molecule has 1 aromatic heterocycles. The van der Waals surface area contributed by atoms with E-state index >= 15 is 0 Å². The van der Waals surface area contributed by atoms with E-state index in [4.69, 9.17) is 37.4 Å². The number of nitrogens with one attached hydrogen (secondary N) is 2. The molecule has 0 spiro atoms. The largest absolute Gasteiger partial charge is 0.619 e. The third-order valence-electron chi connectivity index (χ3n) is 10.1. The molecule has 0 radical (unpaired) electrons. The fourth-order valence-corrected chi connectivity index (χ4v) is 8.08. The maximum atomic E-state index is 13.4. The number of aromatic nitrogens is 1. The van der Waals surface area contributed by atoms with Crippen LogP contribution in [-0.4, -0.2) is 68.3 Å². The van der Waals surface area contributed by atoms with Gasteiger partial charge in [-0.2, -0.15) is 4.73 Å². The van der Waals surface area contributed by atoms with E-state index < -0.39 is 36.0 Å². The van der Waals surface area contributed by atoms with Gasteiger partial charge in [-0.05, 0) is 73.3 Å². The van der Waals surface area contributed by atoms with Crippen LogP contribution in [0.4, 0.5) is 5.69 Å². The van der Waals surface area contributed by atoms with Crippen LogP contribution in [-0.2, 0) is 26.3 Å². The zero-order chi connectivity index (χ0) is 37.7. The Morgan fingerprint density at radius 3 is 2.28 bits per heavy atom. The smallest absolute Gasteiger partial charge is 0.334 e. The Kier molecular flexibility index (Phi) is 11.6. The molecule has 3 aliphatic rings. The highest BCUT2D eigenvalue weighted by Crippen LogP contribution is 2.46. The van der Waals surface area contributed by atoms with Crippen molar-refractivity contribution in [2.75, 3.05) is 45.7 Å². The fraction of sp³-hybridized carbons (Fsp3) is 0.333. The summed E-state index contributed by atoms with van der Waals surface area (Å²) in [6.07, 6.45) is 3.20. The third-order valence-corrected chi connectivity index (χ3v) is 10.8. The van der Waals surface area contributed by atoms with Gasteiger partial charge in [-0.15, -0.1) is 0 Å². The fourth-order valence-electron chi connectivity index (χ4n) is 7.48. The number of aliphatic carboxylic acids is 1. The van der Waals surface area contributed by atoms with Crippen LogP contribution in [0.25, 0.3) is 0 Å². The Bertz CT molecular complexity index is 1950. The Labute approximate surface area is 317 Å². The third kappa shape index (κ3) is 8.14. The molecule has 2 bridgehead atoms. The van der Waals surface area contributed by atoms with Gasteiger partial charge in [-0.1, -0.05) is 65.7 Å². The van der Waals surface area contributed by atoms with Crippen LogP contribution >= 0.6 is 23.2 Å². The standard InChI is InChI=1S/C39H40Cl2N4O8/c1-51-33-12-11-25(18-35(33)52-2)34(19-29-31(40)22-45(50)23-32(29)41)53-36(46)20-42-37(47)26-7-6-10-28(17-26)43-39(38(48)49,27-8-4-3-5-9-27)30-21-44-15-13-24(30)14-16-44/h3-12,17-18,22-24,30,34,43H,13-16,19-21H2,1-2H3,(H,42,47)(H,48,49)/t30-,34-,39?/m0/s1. The number of carbonyl (C=O) groups is 3. The molecule has 7 rings (SSSR count). The summed E-state index contributed by atoms with van der Waals surface area (Å²) in [6, 6.07) is 20.7. The van der Waals surface area contributed by atoms with E-state index in [2.05, 4.69) is 15.5 Å². The zero-order valence-electron chi connectivity index (χ0n) is 29.2. The zero-order valence-corrected chi connectivity index (χ0v) is 30.7. The second-order valence-corrected chi connectivity index (χ2v) is 14.0. The maximum absolute atomic E-state index is 13.4. The minimum atomic E-state index is -1.44. The molecular weight excluding hydrogens is 723 g/mol. The SMILES string of the molecule is COc1ccc([C@H](Cc2c(Cl)c[n+]([O-])cc2Cl)OC(=O)CNC(=O)c2cccc(NC(C(=O)O)(c3ccccc3)[C@H]3CN4CCC3CC4)c2)cc1OC. The van der Waals surface area contributed by atoms with Gasteiger partial charge >= 0.3 is 11.9 Å². The molecule has 14 heteroatoms. The van der Waals surface area contributed by atoms with Crippen molar-refractivity contribution in [1.82, 2.24) is 10.2 Å². The van der Waals surface area contributed by atoms with Crippen LogP contribution in [0.3, 0.4) is 0 Å². The van der Waals surface area contributed by atoms with Crippen LogP contribution in [0.1, 0.15) is 46.0 Å². The van der Waals surface area contributed by atoms with E-state index in [0.29, 0.717) is 45.2 Å². The number of carboxylic acid groups (broad SMARTS) is 1. The molecule has 4 heterocycles. The highest BCUT2D eigenvalue weighted by atomic mass is 35.5. The van der Waals surface area contributed by atoms with E-state index in [1.54, 1.807) is 42.5 Å². The van der Waals surface area contributed by atoms with E-state index in [-0.39, 0.29) is 33.9 Å². The number of rotatable bonds is 14. The number of fused-ring (bicyclic) bond motifs is 3. The topological polar surface area (TPSA) is 153 Å². The number of halogens is 2. The lowest BCUT2D eigenvalue weighted by atomic mass is 9.65. The van der Waals surface area contributed by atoms with Crippen LogP contribution in [0.5, 0.6) is 11.5 Å². The van der Waals surface area contributed by atoms with E-state index in [0.717, 1.165) is 38.3 Å². The van der Waals surface area contributed by atoms with Gasteiger partial charge in [0.15, 0.2) is 29.4 Å². The Hall–Kier alpha value is -5.04. The number of piperidine rings is 3. The number of amides is 1. The molecule has 3 fully saturated rings. The van der Waals surface area contributed by atoms with Crippen molar-refractivity contribution in [3.63, 3.8) is 0 Å². The van der Waals surface area contributed by atoms with Gasteiger partial charge in [0.05, 0.1) is 14.2 Å². The molecule has 3 aromatic carbocycles. The molecule has 0 aliphatic carbocycles. The van der Waals surface area contributed by atoms with Crippen molar-refractivity contribution in [2.45, 2.75) is 30.9 Å². The summed E-state index contributed by atoms with van der Waals surface area (Å²) in [4.78, 5) is 42.4. The molecule has 1 unspecified atom stereocenters. The monoisotopic (exact) mass is 762 g/mol. The van der Waals surface area contributed by atoms with Gasteiger partial charge in [0.1, 0.15) is 22.7 Å². The quantitative estimate of drug-likeness (QED) is 0.0837. The second-order valence-electron chi connectivity index (χ2n) is 13.2. The summed E-state index contributed by atoms with van der Waals surface area (Å²) < 4.78 is 17.1. The van der Waals surface area contributed by atoms with Crippen LogP contribution in [0, 0.1) is 17.0 Å². The minimum Gasteiger partial charge on any atom is -0.619 e. The maximum Gasteiger partial charge on any atom is 0.334 e. The number of esters is 1. The van der Waals surface area contributed by atoms with Gasteiger partial charge in [0, 0.05) is 35.7 Å². The summed E-state index contributed by atoms with van der Waals surface area (Å²) in [7, 11) is 2.97. The molecule has 0 saturated carbocycles. The number of carbonyl (C=O) groups excluding carboxylic acids is 2. The van der Waals surface area contributed by atoms with Crippen LogP contribution in [0.15, 0.2) is 85.2 Å². The van der Waals surface area contributed by atoms with Crippen molar-refractivity contribution in [3.8, 4) is 11.5 Å². The van der Waals surface area contributed by atoms with Crippen LogP contribution in [0.2, 0.25) is 10.0 Å². The molecule has 3 N–H and O–H groups in total. The number of anilines is 1. The van der Waals surface area contributed by atoms with Crippen molar-refractivity contribution in [2.24, 2.45) is 11.8 Å². The summed E-state index contributed by atoms with van der Waals surface area (Å²) in [6.45, 7) is 2.06. The summed E-state index contributed by atoms with van der Waals surface area (Å²) in [5.74, 6) is -1.45. The van der Waals surface area contributed by atoms with Crippen molar-refractivity contribution < 1.29 is 38.4 Å². The summed E-state index contributed by atoms with van der Waals surface area (Å²) in [5, 5.41) is 28.9. The van der Waals surface area contributed by atoms with Crippen molar-refractivity contribution in [1.29, 1.82) is 0 Å². The predicted molar refractivity (Wildman–Crippen MR) is 198 cm³/mol. The molecule has 12 nitrogen and oxygen atoms in total. The number of ether oxygens (including phenoxy) is 3. The molecule has 278 valence electrons. The highest BCUT2D eigenvalue weighted by Gasteiger charge is 2.53. The number of benzene rings is 3. The van der Waals surface area contributed by atoms with Gasteiger partial charge in [0.2, 0.25) is 0 Å². The first-order valence-electron chi connectivity index (χ1n) is 17.2. The number of hydrogen-bond acceptors (Lipinski definition) is 9. The minimum absolute atomic E-state index is 0.00768. The number of nitrogens with zero attached hydrogens (tertiary/aromatic N) is 2. The second kappa shape index (κ2) is 16.3. The molecular formula is C39H40Cl2N4O8. The number of hydrogen-bond donors (Lipinski definition) is 3. The normalized spacial score (nSPS) is 19.4. The number of pyridine rings is 1. The van der Waals surface area contributed by atoms with E-state index in [1.165, 1.54) is 14.2 Å². The molecule has 3 atom stereocenters. The van der Waals surface area contributed by atoms with Gasteiger partial charge in [-0.3, -0.25) is 9.59 Å². The average molecular weight is 764 g/mol. The lowest BCUT2D eigenvalue weighted by Crippen LogP contribution is -2.60. The number of methoxy groups -OCH3 is 2. The van der Waals surface area contributed by atoms with Crippen molar-refractivity contribution in [3.05, 3.63) is 123 Å². The van der Waals surface area contributed by atoms with Crippen molar-refractivity contribution >= 4 is 46.7 Å². The first-order chi connectivity index (χ1) is 25.5. The highest BCUT2D eigenvalue weighted by molar-refractivity contribution is 6.35. The molecule has 3 saturated heterocycles. The first-order valence-corrected chi connectivity index (χ1v) is 17.9. The lowest BCUT2D eigenvalue weighted by molar-refractivity contribution is -0.605. The van der Waals surface area contributed by atoms with Crippen LogP contribution < -0.4 is 24.8 Å². The Morgan fingerprint density at radius 2 is 1.66 bits per heavy atom. The van der Waals surface area contributed by atoms with E-state index in [9.17, 15) is 24.7 Å². The molecule has 3 aliphatic heterocycles. The van der Waals surface area contributed by atoms with Gasteiger partial charge in [0.25, 0.3) is 5.91 Å². The summed E-state index contributed by atoms with van der Waals surface area (Å²) >= 11 is 12.7. The molecule has 4 aromatic rings. The summed E-state index contributed by atoms with van der Waals surface area (Å²) in [5.41, 5.74) is 0.768. The average Bonchev–Trinajstić information content (AvgIpc) is 3.17. The molecule has 53 heavy (non-hydrogen) atoms. The lowest BCUT2D eigenvalue weighted by Gasteiger charge is -2.52. The first kappa shape index (κ1) is 37.7. The number of carboxylic acids is 1. The predicted octanol–water partition coefficient (Wildman–Crippen LogP) is 5.63. The Balaban J connectivity index is 1.20. The van der Waals surface area contributed by atoms with Gasteiger partial charge < -0.3 is 40.1 Å².